The van der Waals surface area contributed by atoms with E-state index >= 15 is 0 Å². The van der Waals surface area contributed by atoms with Gasteiger partial charge in [-0.05, 0) is 13.3 Å². The highest BCUT2D eigenvalue weighted by Gasteiger charge is 2.18. The van der Waals surface area contributed by atoms with E-state index in [1.807, 2.05) is 6.08 Å². The fraction of sp³-hybridized carbons (Fsp3) is 0.778. The van der Waals surface area contributed by atoms with E-state index in [1.54, 1.807) is 5.54 Å². The predicted octanol–water partition coefficient (Wildman–Crippen LogP) is 1.58. The average molecular weight is 222 g/mol. The quantitative estimate of drug-likeness (QED) is 0.706. The number of halogens is 1. The van der Waals surface area contributed by atoms with Gasteiger partial charge < -0.3 is 0 Å². The van der Waals surface area contributed by atoms with Crippen molar-refractivity contribution in [2.75, 3.05) is 24.6 Å². The van der Waals surface area contributed by atoms with Gasteiger partial charge in [0.25, 0.3) is 0 Å². The van der Waals surface area contributed by atoms with Crippen molar-refractivity contribution in [3.05, 3.63) is 11.6 Å². The summed E-state index contributed by atoms with van der Waals surface area (Å²) in [6.45, 7) is 3.99. The molecule has 13 heavy (non-hydrogen) atoms. The maximum atomic E-state index is 11.3. The molecule has 0 radical (unpaired) electrons. The van der Waals surface area contributed by atoms with E-state index in [4.69, 9.17) is 11.6 Å². The normalized spacial score (nSPS) is 32.2. The molecule has 0 aromatic heterocycles. The molecule has 1 saturated heterocycles. The highest BCUT2D eigenvalue weighted by Crippen LogP contribution is 2.09. The van der Waals surface area contributed by atoms with E-state index < -0.39 is 10.8 Å². The zero-order chi connectivity index (χ0) is 9.68. The number of nitrogens with zero attached hydrogens (tertiary/aromatic N) is 1. The highest BCUT2D eigenvalue weighted by molar-refractivity contribution is 7.85. The van der Waals surface area contributed by atoms with Gasteiger partial charge in [0.15, 0.2) is 0 Å². The fourth-order valence-corrected chi connectivity index (χ4v) is 2.80. The second-order valence-electron chi connectivity index (χ2n) is 3.34. The summed E-state index contributed by atoms with van der Waals surface area (Å²) in [5, 5.41) is 0. The molecule has 0 amide bonds. The highest BCUT2D eigenvalue weighted by atomic mass is 35.5. The maximum Gasteiger partial charge on any atom is 0.0362 e. The SMILES string of the molecule is CC1CCS(=O)CCN1C/C=C/Cl. The minimum Gasteiger partial charge on any atom is -0.296 e. The molecule has 2 atom stereocenters. The van der Waals surface area contributed by atoms with Gasteiger partial charge in [0.1, 0.15) is 0 Å². The fourth-order valence-electron chi connectivity index (χ4n) is 1.47. The van der Waals surface area contributed by atoms with E-state index in [1.165, 1.54) is 0 Å². The third-order valence-electron chi connectivity index (χ3n) is 2.42. The van der Waals surface area contributed by atoms with Crippen LogP contribution >= 0.6 is 11.6 Å². The molecule has 0 bridgehead atoms. The van der Waals surface area contributed by atoms with E-state index in [9.17, 15) is 4.21 Å². The first kappa shape index (κ1) is 11.2. The van der Waals surface area contributed by atoms with Gasteiger partial charge in [-0.25, -0.2) is 0 Å². The third-order valence-corrected chi connectivity index (χ3v) is 3.93. The summed E-state index contributed by atoms with van der Waals surface area (Å²) >= 11 is 5.47. The number of rotatable bonds is 2. The molecular formula is C9H16ClNOS. The molecule has 0 spiro atoms. The average Bonchev–Trinajstić information content (AvgIpc) is 2.28. The molecule has 2 nitrogen and oxygen atoms in total. The lowest BCUT2D eigenvalue weighted by Gasteiger charge is -2.24. The first-order valence-electron chi connectivity index (χ1n) is 4.58. The Balaban J connectivity index is 2.46. The second kappa shape index (κ2) is 5.78. The van der Waals surface area contributed by atoms with Crippen LogP contribution < -0.4 is 0 Å². The Morgan fingerprint density at radius 1 is 1.62 bits per heavy atom. The summed E-state index contributed by atoms with van der Waals surface area (Å²) in [7, 11) is -0.603. The molecule has 0 aliphatic carbocycles. The van der Waals surface area contributed by atoms with Crippen LogP contribution in [0.3, 0.4) is 0 Å². The summed E-state index contributed by atoms with van der Waals surface area (Å²) in [5.41, 5.74) is 1.55. The summed E-state index contributed by atoms with van der Waals surface area (Å²) in [6, 6.07) is 0.527. The lowest BCUT2D eigenvalue weighted by molar-refractivity contribution is 0.245. The van der Waals surface area contributed by atoms with Crippen molar-refractivity contribution in [3.63, 3.8) is 0 Å². The van der Waals surface area contributed by atoms with E-state index in [0.717, 1.165) is 31.0 Å². The molecule has 0 N–H and O–H groups in total. The van der Waals surface area contributed by atoms with Gasteiger partial charge in [0.05, 0.1) is 0 Å². The zero-order valence-corrected chi connectivity index (χ0v) is 9.48. The van der Waals surface area contributed by atoms with Gasteiger partial charge in [-0.2, -0.15) is 0 Å². The maximum absolute atomic E-state index is 11.3. The Labute approximate surface area is 87.4 Å². The van der Waals surface area contributed by atoms with Crippen LogP contribution in [0.4, 0.5) is 0 Å². The van der Waals surface area contributed by atoms with Crippen molar-refractivity contribution in [3.8, 4) is 0 Å². The third kappa shape index (κ3) is 3.79. The Morgan fingerprint density at radius 3 is 3.08 bits per heavy atom. The Morgan fingerprint density at radius 2 is 2.38 bits per heavy atom. The zero-order valence-electron chi connectivity index (χ0n) is 7.91. The summed E-state index contributed by atoms with van der Waals surface area (Å²) in [5.74, 6) is 1.66. The minimum absolute atomic E-state index is 0.527. The Kier molecular flexibility index (Phi) is 4.99. The van der Waals surface area contributed by atoms with Crippen molar-refractivity contribution in [1.82, 2.24) is 4.90 Å². The smallest absolute Gasteiger partial charge is 0.0362 e. The van der Waals surface area contributed by atoms with Crippen LogP contribution in [0.2, 0.25) is 0 Å². The predicted molar refractivity (Wildman–Crippen MR) is 58.5 cm³/mol. The first-order chi connectivity index (χ1) is 6.24. The molecule has 0 saturated carbocycles. The first-order valence-corrected chi connectivity index (χ1v) is 6.50. The molecule has 1 fully saturated rings. The van der Waals surface area contributed by atoms with Crippen LogP contribution in [-0.4, -0.2) is 39.7 Å². The van der Waals surface area contributed by atoms with E-state index in [2.05, 4.69) is 11.8 Å². The second-order valence-corrected chi connectivity index (χ2v) is 5.29. The van der Waals surface area contributed by atoms with E-state index in [0.29, 0.717) is 6.04 Å². The van der Waals surface area contributed by atoms with Crippen molar-refractivity contribution in [1.29, 1.82) is 0 Å². The molecular weight excluding hydrogens is 206 g/mol. The molecule has 1 aliphatic heterocycles. The number of hydrogen-bond donors (Lipinski definition) is 0. The van der Waals surface area contributed by atoms with Crippen LogP contribution in [0.5, 0.6) is 0 Å². The van der Waals surface area contributed by atoms with Crippen molar-refractivity contribution in [2.24, 2.45) is 0 Å². The van der Waals surface area contributed by atoms with Crippen LogP contribution in [0, 0.1) is 0 Å². The largest absolute Gasteiger partial charge is 0.296 e. The van der Waals surface area contributed by atoms with Gasteiger partial charge in [-0.1, -0.05) is 17.7 Å². The molecule has 2 unspecified atom stereocenters. The Bertz CT molecular complexity index is 208. The summed E-state index contributed by atoms with van der Waals surface area (Å²) in [4.78, 5) is 2.32. The summed E-state index contributed by atoms with van der Waals surface area (Å²) < 4.78 is 11.3. The molecule has 1 rings (SSSR count). The van der Waals surface area contributed by atoms with Crippen molar-refractivity contribution < 1.29 is 4.21 Å². The molecule has 0 aromatic rings. The van der Waals surface area contributed by atoms with Crippen LogP contribution in [-0.2, 0) is 10.8 Å². The van der Waals surface area contributed by atoms with Gasteiger partial charge >= 0.3 is 0 Å². The minimum atomic E-state index is -0.603. The monoisotopic (exact) mass is 221 g/mol. The molecule has 76 valence electrons. The van der Waals surface area contributed by atoms with Gasteiger partial charge in [0.2, 0.25) is 0 Å². The van der Waals surface area contributed by atoms with E-state index in [-0.39, 0.29) is 0 Å². The molecule has 1 heterocycles. The summed E-state index contributed by atoms with van der Waals surface area (Å²) in [6.07, 6.45) is 2.97. The van der Waals surface area contributed by atoms with Crippen LogP contribution in [0.15, 0.2) is 11.6 Å². The topological polar surface area (TPSA) is 20.3 Å². The van der Waals surface area contributed by atoms with Crippen molar-refractivity contribution in [2.45, 2.75) is 19.4 Å². The van der Waals surface area contributed by atoms with Crippen LogP contribution in [0.25, 0.3) is 0 Å². The van der Waals surface area contributed by atoms with Gasteiger partial charge in [-0.15, -0.1) is 0 Å². The van der Waals surface area contributed by atoms with Gasteiger partial charge in [0, 0.05) is 47.0 Å². The lowest BCUT2D eigenvalue weighted by Crippen LogP contribution is -2.33. The van der Waals surface area contributed by atoms with Crippen molar-refractivity contribution >= 4 is 22.4 Å². The molecule has 0 aromatic carbocycles. The molecule has 4 heteroatoms. The lowest BCUT2D eigenvalue weighted by atomic mass is 10.2. The standard InChI is InChI=1S/C9H16ClNOS/c1-9-3-7-13(12)8-6-11(9)5-2-4-10/h2,4,9H,3,5-8H2,1H3/b4-2+. The Hall–Kier alpha value is 0.140. The van der Waals surface area contributed by atoms with Gasteiger partial charge in [-0.3, -0.25) is 9.11 Å². The molecule has 1 aliphatic rings. The van der Waals surface area contributed by atoms with Crippen LogP contribution in [0.1, 0.15) is 13.3 Å². The number of hydrogen-bond acceptors (Lipinski definition) is 2.